The number of anilines is 2. The Kier molecular flexibility index (Phi) is 5.40. The molecule has 116 valence electrons. The van der Waals surface area contributed by atoms with Gasteiger partial charge in [-0.2, -0.15) is 0 Å². The van der Waals surface area contributed by atoms with Crippen molar-refractivity contribution in [1.82, 2.24) is 0 Å². The third kappa shape index (κ3) is 3.77. The van der Waals surface area contributed by atoms with Gasteiger partial charge < -0.3 is 15.8 Å². The summed E-state index contributed by atoms with van der Waals surface area (Å²) in [7, 11) is 0. The molecule has 0 atom stereocenters. The predicted molar refractivity (Wildman–Crippen MR) is 91.4 cm³/mol. The van der Waals surface area contributed by atoms with Gasteiger partial charge in [0.25, 0.3) is 5.91 Å². The van der Waals surface area contributed by atoms with E-state index in [0.29, 0.717) is 38.8 Å². The summed E-state index contributed by atoms with van der Waals surface area (Å²) in [5, 5.41) is 3.67. The van der Waals surface area contributed by atoms with E-state index in [4.69, 9.17) is 45.3 Å². The van der Waals surface area contributed by atoms with Crippen molar-refractivity contribution in [2.45, 2.75) is 6.92 Å². The number of ether oxygens (including phenoxy) is 1. The molecule has 0 fully saturated rings. The average Bonchev–Trinajstić information content (AvgIpc) is 2.46. The highest BCUT2D eigenvalue weighted by Gasteiger charge is 2.14. The average molecular weight is 360 g/mol. The molecule has 22 heavy (non-hydrogen) atoms. The minimum Gasteiger partial charge on any atom is -0.492 e. The van der Waals surface area contributed by atoms with Gasteiger partial charge in [0.2, 0.25) is 0 Å². The van der Waals surface area contributed by atoms with Gasteiger partial charge in [-0.1, -0.05) is 34.8 Å². The number of rotatable bonds is 4. The highest BCUT2D eigenvalue weighted by molar-refractivity contribution is 6.37. The first-order valence-corrected chi connectivity index (χ1v) is 7.54. The molecule has 0 saturated heterocycles. The Morgan fingerprint density at radius 3 is 2.59 bits per heavy atom. The number of nitrogens with two attached hydrogens (primary N) is 1. The van der Waals surface area contributed by atoms with Gasteiger partial charge in [0.1, 0.15) is 5.75 Å². The van der Waals surface area contributed by atoms with Crippen molar-refractivity contribution >= 4 is 52.1 Å². The van der Waals surface area contributed by atoms with Gasteiger partial charge in [-0.3, -0.25) is 4.79 Å². The van der Waals surface area contributed by atoms with E-state index < -0.39 is 5.91 Å². The summed E-state index contributed by atoms with van der Waals surface area (Å²) in [6.45, 7) is 2.28. The zero-order valence-electron chi connectivity index (χ0n) is 11.6. The molecular weight excluding hydrogens is 347 g/mol. The van der Waals surface area contributed by atoms with Gasteiger partial charge in [-0.05, 0) is 31.2 Å². The van der Waals surface area contributed by atoms with E-state index in [9.17, 15) is 4.79 Å². The van der Waals surface area contributed by atoms with E-state index in [-0.39, 0.29) is 5.56 Å². The molecule has 2 rings (SSSR count). The normalized spacial score (nSPS) is 10.4. The third-order valence-corrected chi connectivity index (χ3v) is 3.70. The van der Waals surface area contributed by atoms with Crippen LogP contribution in [0.1, 0.15) is 17.3 Å². The van der Waals surface area contributed by atoms with Crippen LogP contribution < -0.4 is 15.8 Å². The molecule has 0 aliphatic heterocycles. The maximum atomic E-state index is 12.3. The summed E-state index contributed by atoms with van der Waals surface area (Å²) in [4.78, 5) is 12.3. The van der Waals surface area contributed by atoms with Crippen LogP contribution in [-0.2, 0) is 0 Å². The van der Waals surface area contributed by atoms with Crippen LogP contribution in [0, 0.1) is 0 Å². The number of benzene rings is 2. The summed E-state index contributed by atoms with van der Waals surface area (Å²) >= 11 is 18.0. The molecule has 0 aromatic heterocycles. The van der Waals surface area contributed by atoms with Gasteiger partial charge in [0.15, 0.2) is 0 Å². The lowest BCUT2D eigenvalue weighted by Crippen LogP contribution is -2.13. The molecule has 0 bridgehead atoms. The zero-order chi connectivity index (χ0) is 16.3. The molecule has 3 N–H and O–H groups in total. The van der Waals surface area contributed by atoms with E-state index in [0.717, 1.165) is 0 Å². The van der Waals surface area contributed by atoms with E-state index >= 15 is 0 Å². The Morgan fingerprint density at radius 1 is 1.18 bits per heavy atom. The van der Waals surface area contributed by atoms with E-state index in [1.165, 1.54) is 12.1 Å². The second-order valence-electron chi connectivity index (χ2n) is 4.38. The zero-order valence-corrected chi connectivity index (χ0v) is 13.9. The lowest BCUT2D eigenvalue weighted by atomic mass is 10.2. The summed E-state index contributed by atoms with van der Waals surface area (Å²) < 4.78 is 5.38. The molecule has 0 aliphatic carbocycles. The molecular formula is C15H13Cl3N2O2. The van der Waals surface area contributed by atoms with Crippen LogP contribution in [0.4, 0.5) is 11.4 Å². The highest BCUT2D eigenvalue weighted by atomic mass is 35.5. The Hall–Kier alpha value is -1.62. The van der Waals surface area contributed by atoms with Gasteiger partial charge >= 0.3 is 0 Å². The standard InChI is InChI=1S/C15H13Cl3N2O2/c1-2-22-14-7-13(11(18)6-12(14)19)20-15(21)9-5-8(16)3-4-10(9)17/h3-7H,2,19H2,1H3,(H,20,21). The molecule has 0 spiro atoms. The van der Waals surface area contributed by atoms with Gasteiger partial charge in [-0.25, -0.2) is 0 Å². The number of halogens is 3. The minimum absolute atomic E-state index is 0.250. The minimum atomic E-state index is -0.429. The third-order valence-electron chi connectivity index (χ3n) is 2.82. The van der Waals surface area contributed by atoms with Crippen LogP contribution in [0.15, 0.2) is 30.3 Å². The lowest BCUT2D eigenvalue weighted by molar-refractivity contribution is 0.102. The molecule has 4 nitrogen and oxygen atoms in total. The first-order chi connectivity index (χ1) is 10.4. The number of hydrogen-bond donors (Lipinski definition) is 2. The van der Waals surface area contributed by atoms with Crippen LogP contribution in [0.2, 0.25) is 15.1 Å². The number of hydrogen-bond acceptors (Lipinski definition) is 3. The fourth-order valence-corrected chi connectivity index (χ4v) is 2.40. The maximum absolute atomic E-state index is 12.3. The highest BCUT2D eigenvalue weighted by Crippen LogP contribution is 2.33. The Bertz CT molecular complexity index is 720. The van der Waals surface area contributed by atoms with Crippen LogP contribution in [-0.4, -0.2) is 12.5 Å². The van der Waals surface area contributed by atoms with E-state index in [1.807, 2.05) is 6.92 Å². The van der Waals surface area contributed by atoms with E-state index in [1.54, 1.807) is 18.2 Å². The number of carbonyl (C=O) groups is 1. The van der Waals surface area contributed by atoms with Crippen molar-refractivity contribution in [2.24, 2.45) is 0 Å². The van der Waals surface area contributed by atoms with Crippen LogP contribution in [0.25, 0.3) is 0 Å². The van der Waals surface area contributed by atoms with Gasteiger partial charge in [0, 0.05) is 11.1 Å². The molecule has 0 radical (unpaired) electrons. The lowest BCUT2D eigenvalue weighted by Gasteiger charge is -2.13. The SMILES string of the molecule is CCOc1cc(NC(=O)c2cc(Cl)ccc2Cl)c(Cl)cc1N. The molecule has 7 heteroatoms. The van der Waals surface area contributed by atoms with Crippen LogP contribution in [0.5, 0.6) is 5.75 Å². The fourth-order valence-electron chi connectivity index (χ4n) is 1.81. The Balaban J connectivity index is 2.32. The maximum Gasteiger partial charge on any atom is 0.257 e. The monoisotopic (exact) mass is 358 g/mol. The molecule has 0 heterocycles. The molecule has 0 unspecified atom stereocenters. The summed E-state index contributed by atoms with van der Waals surface area (Å²) in [5.41, 5.74) is 6.82. The smallest absolute Gasteiger partial charge is 0.257 e. The van der Waals surface area contributed by atoms with Gasteiger partial charge in [0.05, 0.1) is 33.6 Å². The summed E-state index contributed by atoms with van der Waals surface area (Å²) in [5.74, 6) is 0.0148. The van der Waals surface area contributed by atoms with Crippen LogP contribution in [0.3, 0.4) is 0 Å². The first kappa shape index (κ1) is 16.7. The number of nitrogen functional groups attached to an aromatic ring is 1. The number of carbonyl (C=O) groups excluding carboxylic acids is 1. The predicted octanol–water partition coefficient (Wildman–Crippen LogP) is 4.88. The number of nitrogens with one attached hydrogen (secondary N) is 1. The first-order valence-electron chi connectivity index (χ1n) is 6.40. The Labute approximate surface area is 143 Å². The molecule has 2 aromatic rings. The molecule has 2 aromatic carbocycles. The molecule has 1 amide bonds. The molecule has 0 aliphatic rings. The Morgan fingerprint density at radius 2 is 1.91 bits per heavy atom. The summed E-state index contributed by atoms with van der Waals surface area (Å²) in [6.07, 6.45) is 0. The number of amides is 1. The van der Waals surface area contributed by atoms with Crippen LogP contribution >= 0.6 is 34.8 Å². The van der Waals surface area contributed by atoms with Gasteiger partial charge in [-0.15, -0.1) is 0 Å². The topological polar surface area (TPSA) is 64.3 Å². The van der Waals surface area contributed by atoms with Crippen molar-refractivity contribution in [3.8, 4) is 5.75 Å². The largest absolute Gasteiger partial charge is 0.492 e. The second kappa shape index (κ2) is 7.09. The molecule has 0 saturated carbocycles. The summed E-state index contributed by atoms with van der Waals surface area (Å²) in [6, 6.07) is 7.71. The van der Waals surface area contributed by atoms with E-state index in [2.05, 4.69) is 5.32 Å². The van der Waals surface area contributed by atoms with Crippen molar-refractivity contribution in [1.29, 1.82) is 0 Å². The quantitative estimate of drug-likeness (QED) is 0.765. The van der Waals surface area contributed by atoms with Crippen molar-refractivity contribution < 1.29 is 9.53 Å². The van der Waals surface area contributed by atoms with Crippen molar-refractivity contribution in [3.05, 3.63) is 51.0 Å². The fraction of sp³-hybridized carbons (Fsp3) is 0.133. The second-order valence-corrected chi connectivity index (χ2v) is 5.63. The van der Waals surface area contributed by atoms with Crippen molar-refractivity contribution in [2.75, 3.05) is 17.7 Å². The van der Waals surface area contributed by atoms with Crippen molar-refractivity contribution in [3.63, 3.8) is 0 Å².